The second-order valence-electron chi connectivity index (χ2n) is 6.96. The number of aliphatic carboxylic acids is 1. The molecule has 2 aromatic carbocycles. The quantitative estimate of drug-likeness (QED) is 0.559. The van der Waals surface area contributed by atoms with Crippen molar-refractivity contribution in [1.29, 1.82) is 0 Å². The predicted molar refractivity (Wildman–Crippen MR) is 114 cm³/mol. The summed E-state index contributed by atoms with van der Waals surface area (Å²) >= 11 is 0. The maximum absolute atomic E-state index is 11.1. The number of aliphatic hydroxyl groups excluding tert-OH is 1. The molecule has 0 aliphatic rings. The monoisotopic (exact) mass is 410 g/mol. The van der Waals surface area contributed by atoms with Crippen LogP contribution in [0.15, 0.2) is 48.5 Å². The summed E-state index contributed by atoms with van der Waals surface area (Å²) in [6.45, 7) is 2.23. The third-order valence-electron chi connectivity index (χ3n) is 4.91. The van der Waals surface area contributed by atoms with Crippen LogP contribution in [0.4, 0.5) is 0 Å². The molecule has 7 nitrogen and oxygen atoms in total. The zero-order valence-corrected chi connectivity index (χ0v) is 17.3. The second kappa shape index (κ2) is 9.45. The fourth-order valence-electron chi connectivity index (χ4n) is 3.33. The fourth-order valence-corrected chi connectivity index (χ4v) is 3.33. The van der Waals surface area contributed by atoms with Crippen LogP contribution in [0.3, 0.4) is 0 Å². The minimum Gasteiger partial charge on any atom is -0.496 e. The third kappa shape index (κ3) is 4.63. The third-order valence-corrected chi connectivity index (χ3v) is 4.91. The van der Waals surface area contributed by atoms with E-state index >= 15 is 0 Å². The molecule has 0 spiro atoms. The van der Waals surface area contributed by atoms with Gasteiger partial charge in [0, 0.05) is 11.1 Å². The molecule has 0 fully saturated rings. The molecule has 2 N–H and O–H groups in total. The molecule has 1 atom stereocenters. The van der Waals surface area contributed by atoms with Crippen molar-refractivity contribution in [3.05, 3.63) is 54.1 Å². The number of hydrogen-bond acceptors (Lipinski definition) is 5. The van der Waals surface area contributed by atoms with Crippen molar-refractivity contribution in [3.63, 3.8) is 0 Å². The molecule has 3 rings (SSSR count). The molecule has 3 aromatic rings. The largest absolute Gasteiger partial charge is 0.496 e. The van der Waals surface area contributed by atoms with Crippen LogP contribution in [-0.2, 0) is 17.8 Å². The van der Waals surface area contributed by atoms with E-state index in [1.165, 1.54) is 0 Å². The molecule has 30 heavy (non-hydrogen) atoms. The number of aliphatic hydroxyl groups is 1. The van der Waals surface area contributed by atoms with Gasteiger partial charge in [-0.2, -0.15) is 5.10 Å². The van der Waals surface area contributed by atoms with Crippen LogP contribution >= 0.6 is 0 Å². The first kappa shape index (κ1) is 21.4. The summed E-state index contributed by atoms with van der Waals surface area (Å²) in [6.07, 6.45) is -0.0460. The Labute approximate surface area is 175 Å². The van der Waals surface area contributed by atoms with Gasteiger partial charge in [0.25, 0.3) is 0 Å². The van der Waals surface area contributed by atoms with Crippen molar-refractivity contribution in [2.75, 3.05) is 14.2 Å². The number of ether oxygens (including phenoxy) is 2. The maximum atomic E-state index is 11.1. The highest BCUT2D eigenvalue weighted by Gasteiger charge is 2.19. The summed E-state index contributed by atoms with van der Waals surface area (Å²) in [4.78, 5) is 11.1. The average Bonchev–Trinajstić information content (AvgIpc) is 3.16. The topological polar surface area (TPSA) is 93.8 Å². The van der Waals surface area contributed by atoms with Gasteiger partial charge in [0.15, 0.2) is 0 Å². The van der Waals surface area contributed by atoms with E-state index in [1.54, 1.807) is 37.1 Å². The van der Waals surface area contributed by atoms with Gasteiger partial charge >= 0.3 is 5.97 Å². The Bertz CT molecular complexity index is 1030. The fraction of sp³-hybridized carbons (Fsp3) is 0.304. The summed E-state index contributed by atoms with van der Waals surface area (Å²) in [7, 11) is 3.18. The van der Waals surface area contributed by atoms with Gasteiger partial charge in [0.05, 0.1) is 44.7 Å². The van der Waals surface area contributed by atoms with E-state index in [-0.39, 0.29) is 6.42 Å². The van der Waals surface area contributed by atoms with Crippen molar-refractivity contribution in [2.45, 2.75) is 32.4 Å². The Morgan fingerprint density at radius 2 is 1.77 bits per heavy atom. The van der Waals surface area contributed by atoms with Gasteiger partial charge in [-0.1, -0.05) is 25.1 Å². The van der Waals surface area contributed by atoms with E-state index in [0.29, 0.717) is 41.3 Å². The number of rotatable bonds is 9. The molecule has 1 aromatic heterocycles. The molecule has 1 heterocycles. The smallest absolute Gasteiger partial charge is 0.307 e. The van der Waals surface area contributed by atoms with Gasteiger partial charge in [-0.15, -0.1) is 0 Å². The molecule has 0 amide bonds. The number of carbonyl (C=O) groups is 1. The number of aromatic nitrogens is 2. The molecular formula is C23H26N2O5. The molecular weight excluding hydrogens is 384 g/mol. The van der Waals surface area contributed by atoms with Crippen molar-refractivity contribution >= 4 is 5.97 Å². The molecule has 0 saturated heterocycles. The van der Waals surface area contributed by atoms with Crippen LogP contribution in [0.1, 0.15) is 18.9 Å². The molecule has 158 valence electrons. The van der Waals surface area contributed by atoms with Gasteiger partial charge in [-0.05, 0) is 42.3 Å². The predicted octanol–water partition coefficient (Wildman–Crippen LogP) is 3.63. The van der Waals surface area contributed by atoms with E-state index in [4.69, 9.17) is 19.7 Å². The first-order valence-electron chi connectivity index (χ1n) is 9.75. The lowest BCUT2D eigenvalue weighted by Crippen LogP contribution is -2.16. The Morgan fingerprint density at radius 1 is 1.07 bits per heavy atom. The molecule has 0 aliphatic carbocycles. The van der Waals surface area contributed by atoms with E-state index < -0.39 is 12.1 Å². The zero-order chi connectivity index (χ0) is 21.7. The normalized spacial score (nSPS) is 11.9. The number of methoxy groups -OCH3 is 2. The van der Waals surface area contributed by atoms with E-state index in [0.717, 1.165) is 11.3 Å². The van der Waals surface area contributed by atoms with Crippen LogP contribution in [0, 0.1) is 0 Å². The number of carboxylic acid groups (broad SMARTS) is 1. The van der Waals surface area contributed by atoms with E-state index in [9.17, 15) is 9.90 Å². The summed E-state index contributed by atoms with van der Waals surface area (Å²) in [6, 6.07) is 14.8. The van der Waals surface area contributed by atoms with Gasteiger partial charge in [-0.25, -0.2) is 0 Å². The second-order valence-corrected chi connectivity index (χ2v) is 6.96. The highest BCUT2D eigenvalue weighted by molar-refractivity contribution is 5.77. The summed E-state index contributed by atoms with van der Waals surface area (Å²) in [5.41, 5.74) is 3.61. The minimum atomic E-state index is -0.905. The lowest BCUT2D eigenvalue weighted by Gasteiger charge is -2.13. The summed E-state index contributed by atoms with van der Waals surface area (Å²) in [5.74, 6) is 0.386. The van der Waals surface area contributed by atoms with Crippen molar-refractivity contribution in [3.8, 4) is 34.0 Å². The highest BCUT2D eigenvalue weighted by Crippen LogP contribution is 2.36. The van der Waals surface area contributed by atoms with Gasteiger partial charge in [0.1, 0.15) is 11.5 Å². The number of hydrogen-bond donors (Lipinski definition) is 2. The average molecular weight is 410 g/mol. The van der Waals surface area contributed by atoms with Crippen molar-refractivity contribution in [2.24, 2.45) is 0 Å². The summed E-state index contributed by atoms with van der Waals surface area (Å²) in [5, 5.41) is 24.1. The molecule has 7 heteroatoms. The zero-order valence-electron chi connectivity index (χ0n) is 17.3. The lowest BCUT2D eigenvalue weighted by atomic mass is 10.0. The van der Waals surface area contributed by atoms with Crippen LogP contribution in [0.25, 0.3) is 22.5 Å². The first-order chi connectivity index (χ1) is 14.5. The maximum Gasteiger partial charge on any atom is 0.307 e. The molecule has 0 aliphatic heterocycles. The highest BCUT2D eigenvalue weighted by atomic mass is 16.5. The standard InChI is InChI=1S/C23H26N2O5/c1-4-16(26)14-25-20(17-7-5-6-8-21(17)29-2)13-19(24-25)18-11-15(12-23(27)28)9-10-22(18)30-3/h5-11,13,16,26H,4,12,14H2,1-3H3,(H,27,28). The van der Waals surface area contributed by atoms with Gasteiger partial charge in [-0.3, -0.25) is 9.48 Å². The van der Waals surface area contributed by atoms with Crippen LogP contribution in [0.2, 0.25) is 0 Å². The van der Waals surface area contributed by atoms with Crippen LogP contribution in [0.5, 0.6) is 11.5 Å². The first-order valence-corrected chi connectivity index (χ1v) is 9.75. The van der Waals surface area contributed by atoms with Crippen molar-refractivity contribution in [1.82, 2.24) is 9.78 Å². The Morgan fingerprint density at radius 3 is 2.43 bits per heavy atom. The minimum absolute atomic E-state index is 0.0916. The van der Waals surface area contributed by atoms with Gasteiger partial charge < -0.3 is 19.7 Å². The molecule has 0 radical (unpaired) electrons. The van der Waals surface area contributed by atoms with E-state index in [1.807, 2.05) is 37.3 Å². The summed E-state index contributed by atoms with van der Waals surface area (Å²) < 4.78 is 12.8. The Balaban J connectivity index is 2.16. The number of carboxylic acids is 1. The molecule has 0 saturated carbocycles. The van der Waals surface area contributed by atoms with E-state index in [2.05, 4.69) is 0 Å². The lowest BCUT2D eigenvalue weighted by molar-refractivity contribution is -0.136. The van der Waals surface area contributed by atoms with Crippen LogP contribution < -0.4 is 9.47 Å². The SMILES string of the molecule is CCC(O)Cn1nc(-c2cc(CC(=O)O)ccc2OC)cc1-c1ccccc1OC. The number of para-hydroxylation sites is 1. The number of benzene rings is 2. The molecule has 0 bridgehead atoms. The van der Waals surface area contributed by atoms with Gasteiger partial charge in [0.2, 0.25) is 0 Å². The Kier molecular flexibility index (Phi) is 6.74. The molecule has 1 unspecified atom stereocenters. The Hall–Kier alpha value is -3.32. The van der Waals surface area contributed by atoms with Crippen molar-refractivity contribution < 1.29 is 24.5 Å². The van der Waals surface area contributed by atoms with Crippen LogP contribution in [-0.4, -0.2) is 46.3 Å². The number of nitrogens with zero attached hydrogens (tertiary/aromatic N) is 2.